The van der Waals surface area contributed by atoms with Gasteiger partial charge in [-0.15, -0.1) is 0 Å². The third-order valence-electron chi connectivity index (χ3n) is 2.64. The van der Waals surface area contributed by atoms with Gasteiger partial charge in [0.2, 0.25) is 0 Å². The number of hydrogen-bond acceptors (Lipinski definition) is 4. The van der Waals surface area contributed by atoms with Crippen LogP contribution in [0.15, 0.2) is 47.5 Å². The molecule has 0 saturated heterocycles. The lowest BCUT2D eigenvalue weighted by molar-refractivity contribution is 0.484. The summed E-state index contributed by atoms with van der Waals surface area (Å²) in [4.78, 5) is 4.33. The van der Waals surface area contributed by atoms with Crippen LogP contribution in [0.5, 0.6) is 11.5 Å². The summed E-state index contributed by atoms with van der Waals surface area (Å²) in [5.74, 6) is 1.17. The maximum atomic E-state index is 7.39. The number of nitrogens with two attached hydrogens (primary N) is 1. The van der Waals surface area contributed by atoms with E-state index in [9.17, 15) is 0 Å². The number of nitrogens with one attached hydrogen (secondary N) is 1. The molecule has 4 nitrogen and oxygen atoms in total. The molecule has 0 amide bonds. The summed E-state index contributed by atoms with van der Waals surface area (Å²) in [5, 5.41) is 7.99. The predicted octanol–water partition coefficient (Wildman–Crippen LogP) is 4.85. The fourth-order valence-corrected chi connectivity index (χ4v) is 1.84. The van der Waals surface area contributed by atoms with E-state index in [2.05, 4.69) is 4.99 Å². The normalized spacial score (nSPS) is 10.8. The number of hydrogen-bond donors (Lipinski definition) is 2. The molecular formula is C16H16ClN3O. The van der Waals surface area contributed by atoms with Gasteiger partial charge in [0.15, 0.2) is 5.75 Å². The molecule has 108 valence electrons. The Morgan fingerprint density at radius 3 is 2.86 bits per heavy atom. The standard InChI is InChI=1S/C16H16ClN3O/c1-11(18)7-8-20-15-6-5-13(19)10-16(15)21-14-4-2-3-12(17)9-14/h2-6,8-10,18H,7,19H2,1H3. The molecule has 2 rings (SSSR count). The molecule has 5 heteroatoms. The Kier molecular flexibility index (Phi) is 4.95. The molecule has 0 fully saturated rings. The maximum Gasteiger partial charge on any atom is 0.155 e. The van der Waals surface area contributed by atoms with Gasteiger partial charge >= 0.3 is 0 Å². The van der Waals surface area contributed by atoms with Gasteiger partial charge in [-0.1, -0.05) is 17.7 Å². The van der Waals surface area contributed by atoms with E-state index >= 15 is 0 Å². The molecular weight excluding hydrogens is 286 g/mol. The Balaban J connectivity index is 2.26. The van der Waals surface area contributed by atoms with Gasteiger partial charge < -0.3 is 15.9 Å². The highest BCUT2D eigenvalue weighted by Gasteiger charge is 2.05. The van der Waals surface area contributed by atoms with Gasteiger partial charge in [0.05, 0.1) is 0 Å². The summed E-state index contributed by atoms with van der Waals surface area (Å²) in [6.07, 6.45) is 2.18. The van der Waals surface area contributed by atoms with E-state index in [4.69, 9.17) is 27.5 Å². The molecule has 0 heterocycles. The van der Waals surface area contributed by atoms with Crippen molar-refractivity contribution in [1.29, 1.82) is 5.41 Å². The second-order valence-corrected chi connectivity index (χ2v) is 5.02. The van der Waals surface area contributed by atoms with Crippen LogP contribution in [-0.2, 0) is 0 Å². The fourth-order valence-electron chi connectivity index (χ4n) is 1.66. The Labute approximate surface area is 128 Å². The Morgan fingerprint density at radius 1 is 1.33 bits per heavy atom. The first-order chi connectivity index (χ1) is 10.0. The highest BCUT2D eigenvalue weighted by molar-refractivity contribution is 6.30. The highest BCUT2D eigenvalue weighted by atomic mass is 35.5. The Hall–Kier alpha value is -2.33. The molecule has 0 aliphatic carbocycles. The summed E-state index contributed by atoms with van der Waals surface area (Å²) in [5.41, 5.74) is 7.59. The molecule has 0 aliphatic heterocycles. The summed E-state index contributed by atoms with van der Waals surface area (Å²) in [6.45, 7) is 1.73. The van der Waals surface area contributed by atoms with Crippen LogP contribution in [0.25, 0.3) is 0 Å². The van der Waals surface area contributed by atoms with Crippen LogP contribution < -0.4 is 10.5 Å². The molecule has 21 heavy (non-hydrogen) atoms. The number of aliphatic imine (C=N–C) groups is 1. The molecule has 0 bridgehead atoms. The number of nitrogen functional groups attached to an aromatic ring is 1. The number of ether oxygens (including phenoxy) is 1. The van der Waals surface area contributed by atoms with Gasteiger partial charge in [-0.25, -0.2) is 0 Å². The van der Waals surface area contributed by atoms with Gasteiger partial charge in [-0.3, -0.25) is 4.99 Å². The van der Waals surface area contributed by atoms with Gasteiger partial charge in [0.1, 0.15) is 11.4 Å². The first kappa shape index (κ1) is 15.1. The van der Waals surface area contributed by atoms with Crippen molar-refractivity contribution in [2.75, 3.05) is 5.73 Å². The van der Waals surface area contributed by atoms with Gasteiger partial charge in [-0.05, 0) is 37.3 Å². The van der Waals surface area contributed by atoms with E-state index in [-0.39, 0.29) is 0 Å². The summed E-state index contributed by atoms with van der Waals surface area (Å²) in [7, 11) is 0. The van der Waals surface area contributed by atoms with Crippen LogP contribution in [0, 0.1) is 5.41 Å². The van der Waals surface area contributed by atoms with Crippen molar-refractivity contribution < 1.29 is 4.74 Å². The van der Waals surface area contributed by atoms with E-state index in [1.165, 1.54) is 0 Å². The van der Waals surface area contributed by atoms with Crippen molar-refractivity contribution in [3.8, 4) is 11.5 Å². The number of halogens is 1. The monoisotopic (exact) mass is 301 g/mol. The molecule has 3 N–H and O–H groups in total. The molecule has 0 spiro atoms. The molecule has 0 aliphatic rings. The first-order valence-corrected chi connectivity index (χ1v) is 6.82. The molecule has 0 unspecified atom stereocenters. The van der Waals surface area contributed by atoms with E-state index in [1.54, 1.807) is 43.5 Å². The van der Waals surface area contributed by atoms with Crippen molar-refractivity contribution >= 4 is 34.9 Å². The van der Waals surface area contributed by atoms with Crippen molar-refractivity contribution in [1.82, 2.24) is 0 Å². The van der Waals surface area contributed by atoms with Crippen molar-refractivity contribution in [3.05, 3.63) is 47.5 Å². The average molecular weight is 302 g/mol. The van der Waals surface area contributed by atoms with Gasteiger partial charge in [0.25, 0.3) is 0 Å². The fraction of sp³-hybridized carbons (Fsp3) is 0.125. The highest BCUT2D eigenvalue weighted by Crippen LogP contribution is 2.34. The molecule has 2 aromatic carbocycles. The zero-order valence-electron chi connectivity index (χ0n) is 11.6. The SMILES string of the molecule is CC(=N)CC=Nc1ccc(N)cc1Oc1cccc(Cl)c1. The lowest BCUT2D eigenvalue weighted by atomic mass is 10.2. The molecule has 0 atom stereocenters. The van der Waals surface area contributed by atoms with Crippen molar-refractivity contribution in [3.63, 3.8) is 0 Å². The Morgan fingerprint density at radius 2 is 2.14 bits per heavy atom. The van der Waals surface area contributed by atoms with E-state index in [0.29, 0.717) is 40.0 Å². The van der Waals surface area contributed by atoms with Crippen LogP contribution in [-0.4, -0.2) is 11.9 Å². The lowest BCUT2D eigenvalue weighted by Gasteiger charge is -2.09. The zero-order valence-corrected chi connectivity index (χ0v) is 12.4. The van der Waals surface area contributed by atoms with Crippen LogP contribution in [0.3, 0.4) is 0 Å². The average Bonchev–Trinajstić information content (AvgIpc) is 2.41. The first-order valence-electron chi connectivity index (χ1n) is 6.44. The quantitative estimate of drug-likeness (QED) is 0.612. The largest absolute Gasteiger partial charge is 0.455 e. The summed E-state index contributed by atoms with van der Waals surface area (Å²) in [6, 6.07) is 12.4. The smallest absolute Gasteiger partial charge is 0.155 e. The van der Waals surface area contributed by atoms with Crippen molar-refractivity contribution in [2.24, 2.45) is 4.99 Å². The number of nitrogens with zero attached hydrogens (tertiary/aromatic N) is 1. The van der Waals surface area contributed by atoms with Crippen LogP contribution in [0.2, 0.25) is 5.02 Å². The molecule has 0 saturated carbocycles. The van der Waals surface area contributed by atoms with Gasteiger partial charge in [-0.2, -0.15) is 0 Å². The van der Waals surface area contributed by atoms with Gasteiger partial charge in [0, 0.05) is 35.1 Å². The maximum absolute atomic E-state index is 7.39. The molecule has 0 aromatic heterocycles. The summed E-state index contributed by atoms with van der Waals surface area (Å²) >= 11 is 5.94. The number of anilines is 1. The molecule has 2 aromatic rings. The minimum atomic E-state index is 0.501. The zero-order chi connectivity index (χ0) is 15.2. The van der Waals surface area contributed by atoms with Crippen LogP contribution >= 0.6 is 11.6 Å². The van der Waals surface area contributed by atoms with Crippen LogP contribution in [0.4, 0.5) is 11.4 Å². The second kappa shape index (κ2) is 6.90. The van der Waals surface area contributed by atoms with E-state index in [1.807, 2.05) is 12.1 Å². The number of benzene rings is 2. The minimum absolute atomic E-state index is 0.501. The topological polar surface area (TPSA) is 71.5 Å². The summed E-state index contributed by atoms with van der Waals surface area (Å²) < 4.78 is 5.80. The third-order valence-corrected chi connectivity index (χ3v) is 2.87. The third kappa shape index (κ3) is 4.61. The molecule has 0 radical (unpaired) electrons. The Bertz CT molecular complexity index is 683. The predicted molar refractivity (Wildman–Crippen MR) is 88.6 cm³/mol. The second-order valence-electron chi connectivity index (χ2n) is 4.58. The van der Waals surface area contributed by atoms with E-state index in [0.717, 1.165) is 0 Å². The van der Waals surface area contributed by atoms with Crippen molar-refractivity contribution in [2.45, 2.75) is 13.3 Å². The van der Waals surface area contributed by atoms with Crippen LogP contribution in [0.1, 0.15) is 13.3 Å². The number of rotatable bonds is 5. The van der Waals surface area contributed by atoms with E-state index < -0.39 is 0 Å². The lowest BCUT2D eigenvalue weighted by Crippen LogP contribution is -1.91. The minimum Gasteiger partial charge on any atom is -0.455 e.